The van der Waals surface area contributed by atoms with Crippen molar-refractivity contribution in [2.75, 3.05) is 35.8 Å². The van der Waals surface area contributed by atoms with Crippen molar-refractivity contribution in [2.24, 2.45) is 0 Å². The standard InChI is InChI=1S/C21H27FN4O3S/c1-3-15(2)24-21(27)16-4-9-20(26-12-10-23-11-13-26)19(14-16)25-30(28,29)18-7-5-17(22)6-8-18/h4-9,14-15,23,25H,3,10-13H2,1-2H3,(H,24,27). The molecule has 1 heterocycles. The summed E-state index contributed by atoms with van der Waals surface area (Å²) in [4.78, 5) is 14.6. The fraction of sp³-hybridized carbons (Fsp3) is 0.381. The van der Waals surface area contributed by atoms with Crippen LogP contribution in [0.2, 0.25) is 0 Å². The zero-order chi connectivity index (χ0) is 21.7. The van der Waals surface area contributed by atoms with Crippen molar-refractivity contribution in [3.63, 3.8) is 0 Å². The zero-order valence-electron chi connectivity index (χ0n) is 17.1. The molecule has 7 nitrogen and oxygen atoms in total. The number of rotatable bonds is 7. The Morgan fingerprint density at radius 1 is 1.17 bits per heavy atom. The number of benzene rings is 2. The second-order valence-corrected chi connectivity index (χ2v) is 8.99. The number of sulfonamides is 1. The highest BCUT2D eigenvalue weighted by molar-refractivity contribution is 7.92. The predicted molar refractivity (Wildman–Crippen MR) is 116 cm³/mol. The minimum absolute atomic E-state index is 0.00435. The summed E-state index contributed by atoms with van der Waals surface area (Å²) < 4.78 is 41.6. The first-order valence-corrected chi connectivity index (χ1v) is 11.5. The average molecular weight is 435 g/mol. The molecule has 30 heavy (non-hydrogen) atoms. The van der Waals surface area contributed by atoms with Crippen LogP contribution in [0.5, 0.6) is 0 Å². The van der Waals surface area contributed by atoms with Gasteiger partial charge in [-0.25, -0.2) is 12.8 Å². The molecule has 2 aromatic carbocycles. The maximum atomic E-state index is 13.2. The Morgan fingerprint density at radius 2 is 1.83 bits per heavy atom. The van der Waals surface area contributed by atoms with Crippen molar-refractivity contribution in [1.29, 1.82) is 0 Å². The van der Waals surface area contributed by atoms with Gasteiger partial charge in [0.15, 0.2) is 0 Å². The lowest BCUT2D eigenvalue weighted by atomic mass is 10.1. The Balaban J connectivity index is 1.96. The summed E-state index contributed by atoms with van der Waals surface area (Å²) in [5, 5.41) is 6.15. The van der Waals surface area contributed by atoms with Gasteiger partial charge in [0.2, 0.25) is 0 Å². The highest BCUT2D eigenvalue weighted by Crippen LogP contribution is 2.30. The van der Waals surface area contributed by atoms with Crippen LogP contribution in [0.4, 0.5) is 15.8 Å². The van der Waals surface area contributed by atoms with E-state index in [2.05, 4.69) is 20.3 Å². The predicted octanol–water partition coefficient (Wildman–Crippen LogP) is 2.56. The van der Waals surface area contributed by atoms with Gasteiger partial charge in [0.25, 0.3) is 15.9 Å². The molecule has 0 saturated carbocycles. The van der Waals surface area contributed by atoms with Crippen LogP contribution in [-0.2, 0) is 10.0 Å². The van der Waals surface area contributed by atoms with E-state index in [0.29, 0.717) is 30.0 Å². The summed E-state index contributed by atoms with van der Waals surface area (Å²) in [7, 11) is -3.95. The Morgan fingerprint density at radius 3 is 2.47 bits per heavy atom. The number of amides is 1. The van der Waals surface area contributed by atoms with Crippen LogP contribution in [0.15, 0.2) is 47.4 Å². The van der Waals surface area contributed by atoms with E-state index in [-0.39, 0.29) is 16.8 Å². The molecule has 2 aromatic rings. The lowest BCUT2D eigenvalue weighted by Gasteiger charge is -2.31. The number of nitrogens with zero attached hydrogens (tertiary/aromatic N) is 1. The molecule has 3 N–H and O–H groups in total. The van der Waals surface area contributed by atoms with Gasteiger partial charge in [-0.1, -0.05) is 6.92 Å². The normalized spacial score (nSPS) is 15.5. The fourth-order valence-electron chi connectivity index (χ4n) is 3.17. The number of nitrogens with one attached hydrogen (secondary N) is 3. The molecule has 1 atom stereocenters. The van der Waals surface area contributed by atoms with E-state index in [4.69, 9.17) is 0 Å². The van der Waals surface area contributed by atoms with Gasteiger partial charge < -0.3 is 15.5 Å². The second-order valence-electron chi connectivity index (χ2n) is 7.31. The van der Waals surface area contributed by atoms with Gasteiger partial charge in [-0.2, -0.15) is 0 Å². The first-order chi connectivity index (χ1) is 14.3. The van der Waals surface area contributed by atoms with E-state index in [1.165, 1.54) is 12.1 Å². The number of hydrogen-bond acceptors (Lipinski definition) is 5. The fourth-order valence-corrected chi connectivity index (χ4v) is 4.23. The van der Waals surface area contributed by atoms with Crippen molar-refractivity contribution in [2.45, 2.75) is 31.2 Å². The summed E-state index contributed by atoms with van der Waals surface area (Å²) in [6, 6.07) is 9.64. The average Bonchev–Trinajstić information content (AvgIpc) is 2.74. The zero-order valence-corrected chi connectivity index (χ0v) is 17.9. The van der Waals surface area contributed by atoms with E-state index in [1.54, 1.807) is 18.2 Å². The highest BCUT2D eigenvalue weighted by Gasteiger charge is 2.21. The van der Waals surface area contributed by atoms with Crippen molar-refractivity contribution in [3.05, 3.63) is 53.8 Å². The number of halogens is 1. The number of anilines is 2. The maximum absolute atomic E-state index is 13.2. The molecule has 0 radical (unpaired) electrons. The second kappa shape index (κ2) is 9.44. The summed E-state index contributed by atoms with van der Waals surface area (Å²) in [6.45, 7) is 6.86. The quantitative estimate of drug-likeness (QED) is 0.623. The third-order valence-corrected chi connectivity index (χ3v) is 6.46. The lowest BCUT2D eigenvalue weighted by molar-refractivity contribution is 0.0939. The Labute approximate surface area is 176 Å². The van der Waals surface area contributed by atoms with Crippen molar-refractivity contribution >= 4 is 27.3 Å². The smallest absolute Gasteiger partial charge is 0.261 e. The number of carbonyl (C=O) groups excluding carboxylic acids is 1. The van der Waals surface area contributed by atoms with Crippen molar-refractivity contribution in [1.82, 2.24) is 10.6 Å². The van der Waals surface area contributed by atoms with E-state index < -0.39 is 15.8 Å². The minimum Gasteiger partial charge on any atom is -0.367 e. The summed E-state index contributed by atoms with van der Waals surface area (Å²) >= 11 is 0. The maximum Gasteiger partial charge on any atom is 0.261 e. The molecular formula is C21H27FN4O3S. The van der Waals surface area contributed by atoms with Crippen molar-refractivity contribution in [3.8, 4) is 0 Å². The summed E-state index contributed by atoms with van der Waals surface area (Å²) in [5.74, 6) is -0.780. The molecule has 1 amide bonds. The molecule has 1 aliphatic rings. The number of piperazine rings is 1. The summed E-state index contributed by atoms with van der Waals surface area (Å²) in [6.07, 6.45) is 0.786. The topological polar surface area (TPSA) is 90.5 Å². The molecular weight excluding hydrogens is 407 g/mol. The van der Waals surface area contributed by atoms with Crippen LogP contribution in [-0.4, -0.2) is 46.5 Å². The third-order valence-electron chi connectivity index (χ3n) is 5.07. The Hall–Kier alpha value is -2.65. The third kappa shape index (κ3) is 5.28. The van der Waals surface area contributed by atoms with Crippen molar-refractivity contribution < 1.29 is 17.6 Å². The molecule has 0 aromatic heterocycles. The molecule has 9 heteroatoms. The largest absolute Gasteiger partial charge is 0.367 e. The van der Waals surface area contributed by atoms with Gasteiger partial charge in [0, 0.05) is 37.8 Å². The molecule has 0 aliphatic carbocycles. The summed E-state index contributed by atoms with van der Waals surface area (Å²) in [5.41, 5.74) is 1.38. The van der Waals surface area contributed by atoms with Crippen LogP contribution >= 0.6 is 0 Å². The molecule has 1 saturated heterocycles. The van der Waals surface area contributed by atoms with Gasteiger partial charge >= 0.3 is 0 Å². The molecule has 3 rings (SSSR count). The van der Waals surface area contributed by atoms with E-state index in [1.807, 2.05) is 13.8 Å². The molecule has 1 aliphatic heterocycles. The van der Waals surface area contributed by atoms with Gasteiger partial charge in [-0.05, 0) is 55.8 Å². The Kier molecular flexibility index (Phi) is 6.94. The van der Waals surface area contributed by atoms with E-state index in [0.717, 1.165) is 31.6 Å². The first-order valence-electron chi connectivity index (χ1n) is 9.99. The number of hydrogen-bond donors (Lipinski definition) is 3. The lowest BCUT2D eigenvalue weighted by Crippen LogP contribution is -2.43. The Bertz CT molecular complexity index is 990. The van der Waals surface area contributed by atoms with Gasteiger partial charge in [0.1, 0.15) is 5.82 Å². The van der Waals surface area contributed by atoms with Gasteiger partial charge in [0.05, 0.1) is 16.3 Å². The van der Waals surface area contributed by atoms with Crippen LogP contribution in [0.1, 0.15) is 30.6 Å². The monoisotopic (exact) mass is 434 g/mol. The van der Waals surface area contributed by atoms with Gasteiger partial charge in [-0.3, -0.25) is 9.52 Å². The molecule has 0 bridgehead atoms. The molecule has 0 spiro atoms. The molecule has 162 valence electrons. The van der Waals surface area contributed by atoms with Crippen LogP contribution in [0.3, 0.4) is 0 Å². The highest BCUT2D eigenvalue weighted by atomic mass is 32.2. The van der Waals surface area contributed by atoms with E-state index >= 15 is 0 Å². The molecule has 1 fully saturated rings. The molecule has 1 unspecified atom stereocenters. The minimum atomic E-state index is -3.95. The number of carbonyl (C=O) groups is 1. The first kappa shape index (κ1) is 22.0. The van der Waals surface area contributed by atoms with Crippen LogP contribution in [0, 0.1) is 5.82 Å². The van der Waals surface area contributed by atoms with Crippen LogP contribution < -0.4 is 20.3 Å². The SMILES string of the molecule is CCC(C)NC(=O)c1ccc(N2CCNCC2)c(NS(=O)(=O)c2ccc(F)cc2)c1. The van der Waals surface area contributed by atoms with Gasteiger partial charge in [-0.15, -0.1) is 0 Å². The van der Waals surface area contributed by atoms with Crippen LogP contribution in [0.25, 0.3) is 0 Å². The van der Waals surface area contributed by atoms with E-state index in [9.17, 15) is 17.6 Å².